The summed E-state index contributed by atoms with van der Waals surface area (Å²) in [7, 11) is 0. The summed E-state index contributed by atoms with van der Waals surface area (Å²) in [5, 5.41) is 3.69. The summed E-state index contributed by atoms with van der Waals surface area (Å²) in [4.78, 5) is 13.9. The van der Waals surface area contributed by atoms with Crippen molar-refractivity contribution in [3.05, 3.63) is 105 Å². The van der Waals surface area contributed by atoms with Crippen LogP contribution in [0.3, 0.4) is 0 Å². The number of hydrogen-bond acceptors (Lipinski definition) is 1. The van der Waals surface area contributed by atoms with Gasteiger partial charge in [-0.05, 0) is 67.6 Å². The van der Waals surface area contributed by atoms with E-state index in [4.69, 9.17) is 11.6 Å². The Hall–Kier alpha value is -3.28. The van der Waals surface area contributed by atoms with Crippen LogP contribution in [0.15, 0.2) is 83.5 Å². The van der Waals surface area contributed by atoms with E-state index in [1.807, 2.05) is 12.1 Å². The SMILES string of the molecule is Cc1ccc(-c2c3c4n(c(-c5ccc(Br)cc5)cn4c2C(=O)Nc2cccc(Cl)c2)CCCC3)cc1. The minimum absolute atomic E-state index is 0.144. The van der Waals surface area contributed by atoms with Crippen LogP contribution in [0.5, 0.6) is 0 Å². The first kappa shape index (κ1) is 23.1. The summed E-state index contributed by atoms with van der Waals surface area (Å²) >= 11 is 9.75. The zero-order valence-corrected chi connectivity index (χ0v) is 22.2. The van der Waals surface area contributed by atoms with E-state index in [0.717, 1.165) is 58.3 Å². The number of halogens is 2. The van der Waals surface area contributed by atoms with E-state index in [2.05, 4.69) is 91.9 Å². The van der Waals surface area contributed by atoms with Crippen molar-refractivity contribution in [2.24, 2.45) is 0 Å². The predicted molar refractivity (Wildman–Crippen MR) is 151 cm³/mol. The fourth-order valence-corrected chi connectivity index (χ4v) is 5.70. The van der Waals surface area contributed by atoms with Crippen molar-refractivity contribution in [1.82, 2.24) is 8.97 Å². The average molecular weight is 559 g/mol. The highest BCUT2D eigenvalue weighted by Gasteiger charge is 2.29. The maximum atomic E-state index is 13.9. The number of carbonyl (C=O) groups excluding carboxylic acids is 1. The lowest BCUT2D eigenvalue weighted by atomic mass is 9.97. The van der Waals surface area contributed by atoms with Crippen molar-refractivity contribution in [3.63, 3.8) is 0 Å². The third kappa shape index (κ3) is 4.06. The van der Waals surface area contributed by atoms with E-state index < -0.39 is 0 Å². The summed E-state index contributed by atoms with van der Waals surface area (Å²) in [6.07, 6.45) is 5.23. The van der Waals surface area contributed by atoms with Crippen LogP contribution in [0.1, 0.15) is 34.5 Å². The highest BCUT2D eigenvalue weighted by molar-refractivity contribution is 9.10. The number of nitrogens with zero attached hydrogens (tertiary/aromatic N) is 2. The van der Waals surface area contributed by atoms with Crippen molar-refractivity contribution in [2.45, 2.75) is 32.7 Å². The molecule has 0 fully saturated rings. The Morgan fingerprint density at radius 1 is 0.972 bits per heavy atom. The first-order valence-corrected chi connectivity index (χ1v) is 13.3. The van der Waals surface area contributed by atoms with Crippen LogP contribution in [0, 0.1) is 6.92 Å². The molecule has 0 aliphatic carbocycles. The Balaban J connectivity index is 1.61. The predicted octanol–water partition coefficient (Wildman–Crippen LogP) is 8.39. The molecular formula is C30H25BrClN3O. The standard InChI is InChI=1S/C30H25BrClN3O/c1-19-8-10-21(11-9-19)27-25-7-2-3-16-34-26(20-12-14-22(31)15-13-20)18-35(30(25)34)28(27)29(36)33-24-6-4-5-23(32)17-24/h4-6,8-15,17-18H,2-3,7,16H2,1H3,(H,33,36). The van der Waals surface area contributed by atoms with Gasteiger partial charge in [0.1, 0.15) is 11.3 Å². The molecule has 6 rings (SSSR count). The normalized spacial score (nSPS) is 13.1. The van der Waals surface area contributed by atoms with Gasteiger partial charge in [-0.15, -0.1) is 0 Å². The van der Waals surface area contributed by atoms with E-state index >= 15 is 0 Å². The zero-order chi connectivity index (χ0) is 24.8. The molecule has 3 aromatic carbocycles. The van der Waals surface area contributed by atoms with Crippen molar-refractivity contribution in [3.8, 4) is 22.4 Å². The van der Waals surface area contributed by atoms with Crippen LogP contribution in [0.2, 0.25) is 5.02 Å². The first-order chi connectivity index (χ1) is 17.5. The first-order valence-electron chi connectivity index (χ1n) is 12.2. The van der Waals surface area contributed by atoms with Gasteiger partial charge in [-0.3, -0.25) is 9.20 Å². The zero-order valence-electron chi connectivity index (χ0n) is 19.9. The largest absolute Gasteiger partial charge is 0.325 e. The number of imidazole rings is 1. The number of hydrogen-bond donors (Lipinski definition) is 1. The number of anilines is 1. The fraction of sp³-hybridized carbons (Fsp3) is 0.167. The minimum Gasteiger partial charge on any atom is -0.325 e. The van der Waals surface area contributed by atoms with Crippen molar-refractivity contribution in [1.29, 1.82) is 0 Å². The lowest BCUT2D eigenvalue weighted by Gasteiger charge is -2.11. The molecule has 0 saturated carbocycles. The van der Waals surface area contributed by atoms with Crippen molar-refractivity contribution < 1.29 is 4.79 Å². The maximum absolute atomic E-state index is 13.9. The third-order valence-electron chi connectivity index (χ3n) is 6.91. The van der Waals surface area contributed by atoms with Gasteiger partial charge in [0.15, 0.2) is 0 Å². The Bertz CT molecular complexity index is 1600. The molecule has 0 bridgehead atoms. The van der Waals surface area contributed by atoms with Crippen molar-refractivity contribution >= 4 is 44.8 Å². The lowest BCUT2D eigenvalue weighted by Crippen LogP contribution is -2.15. The number of aromatic nitrogens is 2. The molecule has 0 saturated heterocycles. The second-order valence-corrected chi connectivity index (χ2v) is 10.7. The van der Waals surface area contributed by atoms with Crippen LogP contribution < -0.4 is 5.32 Å². The van der Waals surface area contributed by atoms with Gasteiger partial charge in [-0.25, -0.2) is 0 Å². The van der Waals surface area contributed by atoms with Gasteiger partial charge in [0, 0.05) is 39.1 Å². The van der Waals surface area contributed by atoms with Crippen LogP contribution >= 0.6 is 27.5 Å². The van der Waals surface area contributed by atoms with Crippen LogP contribution in [-0.2, 0) is 13.0 Å². The van der Waals surface area contributed by atoms with Gasteiger partial charge in [-0.2, -0.15) is 0 Å². The molecule has 6 heteroatoms. The fourth-order valence-electron chi connectivity index (χ4n) is 5.25. The minimum atomic E-state index is -0.144. The van der Waals surface area contributed by atoms with E-state index in [0.29, 0.717) is 16.4 Å². The monoisotopic (exact) mass is 557 g/mol. The summed E-state index contributed by atoms with van der Waals surface area (Å²) in [6, 6.07) is 24.1. The molecule has 0 radical (unpaired) electrons. The van der Waals surface area contributed by atoms with Crippen LogP contribution in [0.4, 0.5) is 5.69 Å². The van der Waals surface area contributed by atoms with E-state index in [9.17, 15) is 4.79 Å². The molecule has 0 unspecified atom stereocenters. The van der Waals surface area contributed by atoms with E-state index in [1.54, 1.807) is 12.1 Å². The summed E-state index contributed by atoms with van der Waals surface area (Å²) < 4.78 is 5.54. The lowest BCUT2D eigenvalue weighted by molar-refractivity contribution is 0.102. The molecule has 36 heavy (non-hydrogen) atoms. The molecule has 1 amide bonds. The van der Waals surface area contributed by atoms with Crippen molar-refractivity contribution in [2.75, 3.05) is 5.32 Å². The number of amides is 1. The van der Waals surface area contributed by atoms with Gasteiger partial charge in [0.05, 0.1) is 5.69 Å². The molecule has 2 aromatic heterocycles. The van der Waals surface area contributed by atoms with Gasteiger partial charge in [-0.1, -0.05) is 75.6 Å². The number of carbonyl (C=O) groups is 1. The molecule has 1 N–H and O–H groups in total. The quantitative estimate of drug-likeness (QED) is 0.236. The van der Waals surface area contributed by atoms with Crippen LogP contribution in [-0.4, -0.2) is 14.9 Å². The maximum Gasteiger partial charge on any atom is 0.273 e. The number of benzene rings is 3. The molecule has 1 aliphatic heterocycles. The highest BCUT2D eigenvalue weighted by atomic mass is 79.9. The second kappa shape index (κ2) is 9.30. The molecular weight excluding hydrogens is 534 g/mol. The third-order valence-corrected chi connectivity index (χ3v) is 7.68. The molecule has 0 spiro atoms. The topological polar surface area (TPSA) is 38.4 Å². The Morgan fingerprint density at radius 2 is 1.72 bits per heavy atom. The smallest absolute Gasteiger partial charge is 0.273 e. The summed E-state index contributed by atoms with van der Waals surface area (Å²) in [5.74, 6) is -0.144. The molecule has 180 valence electrons. The van der Waals surface area contributed by atoms with E-state index in [-0.39, 0.29) is 5.91 Å². The summed E-state index contributed by atoms with van der Waals surface area (Å²) in [6.45, 7) is 3.00. The Morgan fingerprint density at radius 3 is 2.47 bits per heavy atom. The van der Waals surface area contributed by atoms with Crippen LogP contribution in [0.25, 0.3) is 28.0 Å². The average Bonchev–Trinajstić information content (AvgIpc) is 3.28. The molecule has 3 heterocycles. The second-order valence-electron chi connectivity index (χ2n) is 9.36. The number of aryl methyl sites for hydroxylation is 3. The molecule has 4 nitrogen and oxygen atoms in total. The number of rotatable bonds is 4. The van der Waals surface area contributed by atoms with E-state index in [1.165, 1.54) is 11.1 Å². The van der Waals surface area contributed by atoms with Gasteiger partial charge < -0.3 is 9.88 Å². The molecule has 0 atom stereocenters. The highest BCUT2D eigenvalue weighted by Crippen LogP contribution is 2.40. The Kier molecular flexibility index (Phi) is 5.98. The van der Waals surface area contributed by atoms with Gasteiger partial charge in [0.25, 0.3) is 5.91 Å². The van der Waals surface area contributed by atoms with Gasteiger partial charge >= 0.3 is 0 Å². The summed E-state index contributed by atoms with van der Waals surface area (Å²) in [5.41, 5.74) is 9.20. The number of nitrogens with one attached hydrogen (secondary N) is 1. The van der Waals surface area contributed by atoms with Gasteiger partial charge in [0.2, 0.25) is 0 Å². The Labute approximate surface area is 223 Å². The molecule has 1 aliphatic rings. The molecule has 5 aromatic rings.